The highest BCUT2D eigenvalue weighted by Gasteiger charge is 2.22. The Labute approximate surface area is 133 Å². The standard InChI is InChI=1S/C18H28N2O2/c1-4-22-18-6-5-16(14(3)21)11-17(18)12-20-9-7-15(8-10-20)13(2)19/h5-6,11,13,15H,4,7-10,12,19H2,1-3H3. The number of Topliss-reactive ketones (excluding diaryl/α,β-unsaturated/α-hetero) is 1. The molecule has 0 radical (unpaired) electrons. The summed E-state index contributed by atoms with van der Waals surface area (Å²) in [5.41, 5.74) is 7.86. The number of carbonyl (C=O) groups excluding carboxylic acids is 1. The van der Waals surface area contributed by atoms with Crippen LogP contribution in [0, 0.1) is 5.92 Å². The number of hydrogen-bond acceptors (Lipinski definition) is 4. The van der Waals surface area contributed by atoms with Gasteiger partial charge in [-0.15, -0.1) is 0 Å². The zero-order valence-corrected chi connectivity index (χ0v) is 14.0. The lowest BCUT2D eigenvalue weighted by atomic mass is 9.90. The number of hydrogen-bond donors (Lipinski definition) is 1. The second-order valence-corrected chi connectivity index (χ2v) is 6.28. The molecule has 0 spiro atoms. The Hall–Kier alpha value is -1.39. The molecule has 2 rings (SSSR count). The molecule has 4 heteroatoms. The van der Waals surface area contributed by atoms with E-state index < -0.39 is 0 Å². The molecule has 1 saturated heterocycles. The Kier molecular flexibility index (Phi) is 5.98. The van der Waals surface area contributed by atoms with Crippen molar-refractivity contribution in [2.75, 3.05) is 19.7 Å². The van der Waals surface area contributed by atoms with Gasteiger partial charge in [-0.05, 0) is 70.8 Å². The van der Waals surface area contributed by atoms with Crippen molar-refractivity contribution in [1.82, 2.24) is 4.90 Å². The molecular weight excluding hydrogens is 276 g/mol. The highest BCUT2D eigenvalue weighted by Crippen LogP contribution is 2.26. The van der Waals surface area contributed by atoms with Gasteiger partial charge in [0.1, 0.15) is 5.75 Å². The first-order chi connectivity index (χ1) is 10.5. The number of ether oxygens (including phenoxy) is 1. The maximum Gasteiger partial charge on any atom is 0.159 e. The molecule has 1 aliphatic heterocycles. The molecular formula is C18H28N2O2. The molecule has 4 nitrogen and oxygen atoms in total. The quantitative estimate of drug-likeness (QED) is 0.821. The van der Waals surface area contributed by atoms with Crippen LogP contribution in [0.2, 0.25) is 0 Å². The molecule has 1 heterocycles. The van der Waals surface area contributed by atoms with Crippen LogP contribution in [-0.4, -0.2) is 36.4 Å². The molecule has 0 aliphatic carbocycles. The van der Waals surface area contributed by atoms with E-state index in [1.165, 1.54) is 0 Å². The minimum Gasteiger partial charge on any atom is -0.494 e. The van der Waals surface area contributed by atoms with Crippen LogP contribution in [0.1, 0.15) is 49.5 Å². The lowest BCUT2D eigenvalue weighted by Crippen LogP contribution is -2.39. The van der Waals surface area contributed by atoms with Crippen molar-refractivity contribution in [3.05, 3.63) is 29.3 Å². The second kappa shape index (κ2) is 7.75. The predicted molar refractivity (Wildman–Crippen MR) is 89.3 cm³/mol. The summed E-state index contributed by atoms with van der Waals surface area (Å²) in [5.74, 6) is 1.62. The zero-order chi connectivity index (χ0) is 16.1. The Morgan fingerprint density at radius 1 is 1.41 bits per heavy atom. The van der Waals surface area contributed by atoms with E-state index in [0.29, 0.717) is 12.5 Å². The van der Waals surface area contributed by atoms with Gasteiger partial charge in [0.15, 0.2) is 5.78 Å². The molecule has 22 heavy (non-hydrogen) atoms. The SMILES string of the molecule is CCOc1ccc(C(C)=O)cc1CN1CCC(C(C)N)CC1. The Morgan fingerprint density at radius 3 is 2.64 bits per heavy atom. The molecule has 1 fully saturated rings. The number of nitrogens with zero attached hydrogens (tertiary/aromatic N) is 1. The largest absolute Gasteiger partial charge is 0.494 e. The molecule has 0 aromatic heterocycles. The number of rotatable bonds is 6. The summed E-state index contributed by atoms with van der Waals surface area (Å²) in [4.78, 5) is 14.0. The van der Waals surface area contributed by atoms with Crippen LogP contribution in [0.3, 0.4) is 0 Å². The van der Waals surface area contributed by atoms with E-state index in [0.717, 1.165) is 49.4 Å². The molecule has 1 aromatic rings. The van der Waals surface area contributed by atoms with E-state index in [2.05, 4.69) is 11.8 Å². The molecule has 122 valence electrons. The first kappa shape index (κ1) is 17.0. The summed E-state index contributed by atoms with van der Waals surface area (Å²) in [6.07, 6.45) is 2.29. The van der Waals surface area contributed by atoms with Gasteiger partial charge in [-0.25, -0.2) is 0 Å². The van der Waals surface area contributed by atoms with E-state index in [9.17, 15) is 4.79 Å². The van der Waals surface area contributed by atoms with Gasteiger partial charge in [-0.1, -0.05) is 0 Å². The molecule has 0 saturated carbocycles. The van der Waals surface area contributed by atoms with Crippen molar-refractivity contribution < 1.29 is 9.53 Å². The minimum absolute atomic E-state index is 0.0972. The van der Waals surface area contributed by atoms with Crippen LogP contribution >= 0.6 is 0 Å². The topological polar surface area (TPSA) is 55.6 Å². The summed E-state index contributed by atoms with van der Waals surface area (Å²) in [6, 6.07) is 6.02. The van der Waals surface area contributed by atoms with Crippen LogP contribution in [0.5, 0.6) is 5.75 Å². The van der Waals surface area contributed by atoms with Crippen LogP contribution in [0.4, 0.5) is 0 Å². The van der Waals surface area contributed by atoms with Crippen LogP contribution in [0.25, 0.3) is 0 Å². The van der Waals surface area contributed by atoms with Crippen molar-refractivity contribution in [3.63, 3.8) is 0 Å². The van der Waals surface area contributed by atoms with Crippen molar-refractivity contribution >= 4 is 5.78 Å². The van der Waals surface area contributed by atoms with Gasteiger partial charge >= 0.3 is 0 Å². The maximum absolute atomic E-state index is 11.6. The average Bonchev–Trinajstić information content (AvgIpc) is 2.49. The predicted octanol–water partition coefficient (Wildman–Crippen LogP) is 2.85. The van der Waals surface area contributed by atoms with Crippen LogP contribution in [-0.2, 0) is 6.54 Å². The van der Waals surface area contributed by atoms with Crippen molar-refractivity contribution in [3.8, 4) is 5.75 Å². The summed E-state index contributed by atoms with van der Waals surface area (Å²) < 4.78 is 5.71. The number of likely N-dealkylation sites (tertiary alicyclic amines) is 1. The normalized spacial score (nSPS) is 18.2. The van der Waals surface area contributed by atoms with Crippen molar-refractivity contribution in [2.45, 2.75) is 46.2 Å². The van der Waals surface area contributed by atoms with Gasteiger partial charge in [-0.2, -0.15) is 0 Å². The summed E-state index contributed by atoms with van der Waals surface area (Å²) in [5, 5.41) is 0. The monoisotopic (exact) mass is 304 g/mol. The highest BCUT2D eigenvalue weighted by molar-refractivity contribution is 5.94. The summed E-state index contributed by atoms with van der Waals surface area (Å²) in [6.45, 7) is 9.28. The van der Waals surface area contributed by atoms with Crippen LogP contribution < -0.4 is 10.5 Å². The first-order valence-electron chi connectivity index (χ1n) is 8.25. The molecule has 1 unspecified atom stereocenters. The van der Waals surface area contributed by atoms with E-state index in [-0.39, 0.29) is 11.8 Å². The van der Waals surface area contributed by atoms with Gasteiger partial charge in [0.05, 0.1) is 6.61 Å². The number of nitrogens with two attached hydrogens (primary N) is 1. The molecule has 0 bridgehead atoms. The number of piperidine rings is 1. The van der Waals surface area contributed by atoms with Gasteiger partial charge in [-0.3, -0.25) is 9.69 Å². The molecule has 0 amide bonds. The Balaban J connectivity index is 2.07. The van der Waals surface area contributed by atoms with Crippen molar-refractivity contribution in [2.24, 2.45) is 11.7 Å². The molecule has 2 N–H and O–H groups in total. The van der Waals surface area contributed by atoms with Crippen molar-refractivity contribution in [1.29, 1.82) is 0 Å². The lowest BCUT2D eigenvalue weighted by Gasteiger charge is -2.34. The fourth-order valence-electron chi connectivity index (χ4n) is 3.10. The first-order valence-corrected chi connectivity index (χ1v) is 8.25. The average molecular weight is 304 g/mol. The third-order valence-electron chi connectivity index (χ3n) is 4.54. The third-order valence-corrected chi connectivity index (χ3v) is 4.54. The number of carbonyl (C=O) groups is 1. The summed E-state index contributed by atoms with van der Waals surface area (Å²) in [7, 11) is 0. The van der Waals surface area contributed by atoms with Crippen LogP contribution in [0.15, 0.2) is 18.2 Å². The van der Waals surface area contributed by atoms with E-state index in [4.69, 9.17) is 10.5 Å². The number of benzene rings is 1. The second-order valence-electron chi connectivity index (χ2n) is 6.28. The Morgan fingerprint density at radius 2 is 2.09 bits per heavy atom. The van der Waals surface area contributed by atoms with E-state index in [1.807, 2.05) is 25.1 Å². The van der Waals surface area contributed by atoms with E-state index >= 15 is 0 Å². The number of ketones is 1. The molecule has 1 aliphatic rings. The zero-order valence-electron chi connectivity index (χ0n) is 14.0. The van der Waals surface area contributed by atoms with E-state index in [1.54, 1.807) is 6.92 Å². The third kappa shape index (κ3) is 4.31. The maximum atomic E-state index is 11.6. The Bertz CT molecular complexity index is 506. The van der Waals surface area contributed by atoms with Gasteiger partial charge in [0.2, 0.25) is 0 Å². The van der Waals surface area contributed by atoms with Gasteiger partial charge < -0.3 is 10.5 Å². The minimum atomic E-state index is 0.0972. The fourth-order valence-corrected chi connectivity index (χ4v) is 3.10. The highest BCUT2D eigenvalue weighted by atomic mass is 16.5. The van der Waals surface area contributed by atoms with Gasteiger partial charge in [0.25, 0.3) is 0 Å². The molecule has 1 atom stereocenters. The fraction of sp³-hybridized carbons (Fsp3) is 0.611. The lowest BCUT2D eigenvalue weighted by molar-refractivity contribution is 0.101. The van der Waals surface area contributed by atoms with Gasteiger partial charge in [0, 0.05) is 23.7 Å². The summed E-state index contributed by atoms with van der Waals surface area (Å²) >= 11 is 0. The smallest absolute Gasteiger partial charge is 0.159 e. The molecule has 1 aromatic carbocycles.